The van der Waals surface area contributed by atoms with Gasteiger partial charge in [0.25, 0.3) is 5.91 Å². The third-order valence-corrected chi connectivity index (χ3v) is 8.52. The number of imide groups is 1. The second-order valence-corrected chi connectivity index (χ2v) is 12.7. The predicted molar refractivity (Wildman–Crippen MR) is 183 cm³/mol. The number of carbonyl (C=O) groups is 6. The maximum absolute atomic E-state index is 13.7. The van der Waals surface area contributed by atoms with Crippen molar-refractivity contribution in [3.05, 3.63) is 77.6 Å². The fourth-order valence-electron chi connectivity index (χ4n) is 5.73. The highest BCUT2D eigenvalue weighted by molar-refractivity contribution is 6.04. The van der Waals surface area contributed by atoms with Crippen molar-refractivity contribution in [3.63, 3.8) is 0 Å². The van der Waals surface area contributed by atoms with E-state index in [0.29, 0.717) is 30.0 Å². The number of nitrogens with zero attached hydrogens (tertiary/aromatic N) is 5. The number of hydrogen-bond acceptors (Lipinski definition) is 9. The normalized spacial score (nSPS) is 19.9. The van der Waals surface area contributed by atoms with E-state index in [1.165, 1.54) is 4.90 Å². The highest BCUT2D eigenvalue weighted by Gasteiger charge is 2.32. The summed E-state index contributed by atoms with van der Waals surface area (Å²) < 4.78 is 7.53. The summed E-state index contributed by atoms with van der Waals surface area (Å²) in [7, 11) is 0. The van der Waals surface area contributed by atoms with Crippen LogP contribution < -0.4 is 26.0 Å². The molecule has 0 aliphatic carbocycles. The van der Waals surface area contributed by atoms with Gasteiger partial charge in [0, 0.05) is 38.7 Å². The van der Waals surface area contributed by atoms with Crippen molar-refractivity contribution in [2.75, 3.05) is 39.3 Å². The highest BCUT2D eigenvalue weighted by Crippen LogP contribution is 2.15. The molecule has 16 nitrogen and oxygen atoms in total. The van der Waals surface area contributed by atoms with E-state index in [1.54, 1.807) is 49.0 Å². The average molecular weight is 702 g/mol. The molecule has 5 rings (SSSR count). The van der Waals surface area contributed by atoms with E-state index in [-0.39, 0.29) is 57.5 Å². The summed E-state index contributed by atoms with van der Waals surface area (Å²) in [5, 5.41) is 19.3. The lowest BCUT2D eigenvalue weighted by molar-refractivity contribution is -0.136. The number of aromatic nitrogens is 3. The minimum Gasteiger partial charge on any atom is -0.492 e. The Morgan fingerprint density at radius 3 is 2.49 bits per heavy atom. The van der Waals surface area contributed by atoms with Gasteiger partial charge in [-0.1, -0.05) is 61.5 Å². The predicted octanol–water partition coefficient (Wildman–Crippen LogP) is -0.179. The van der Waals surface area contributed by atoms with E-state index in [2.05, 4.69) is 31.6 Å². The number of ether oxygens (including phenoxy) is 1. The van der Waals surface area contributed by atoms with Crippen LogP contribution in [-0.2, 0) is 49.8 Å². The quantitative estimate of drug-likeness (QED) is 0.261. The van der Waals surface area contributed by atoms with Crippen LogP contribution in [0.3, 0.4) is 0 Å². The fourth-order valence-corrected chi connectivity index (χ4v) is 5.73. The van der Waals surface area contributed by atoms with E-state index in [9.17, 15) is 28.8 Å². The van der Waals surface area contributed by atoms with Gasteiger partial charge in [0.1, 0.15) is 31.0 Å². The van der Waals surface area contributed by atoms with Gasteiger partial charge in [0.15, 0.2) is 0 Å². The van der Waals surface area contributed by atoms with E-state index in [0.717, 1.165) is 10.5 Å². The molecular weight excluding hydrogens is 658 g/mol. The van der Waals surface area contributed by atoms with Crippen LogP contribution >= 0.6 is 0 Å². The van der Waals surface area contributed by atoms with Crippen molar-refractivity contribution >= 4 is 35.6 Å². The number of carbonyl (C=O) groups excluding carboxylic acids is 6. The Bertz CT molecular complexity index is 1710. The van der Waals surface area contributed by atoms with E-state index < -0.39 is 48.3 Å². The molecule has 270 valence electrons. The van der Waals surface area contributed by atoms with Crippen LogP contribution in [0.2, 0.25) is 0 Å². The van der Waals surface area contributed by atoms with Gasteiger partial charge in [-0.05, 0) is 29.2 Å². The van der Waals surface area contributed by atoms with E-state index in [1.807, 2.05) is 30.3 Å². The summed E-state index contributed by atoms with van der Waals surface area (Å²) >= 11 is 0. The van der Waals surface area contributed by atoms with Crippen LogP contribution in [0, 0.1) is 5.92 Å². The lowest BCUT2D eigenvalue weighted by atomic mass is 10.0. The van der Waals surface area contributed by atoms with Gasteiger partial charge in [-0.2, -0.15) is 0 Å². The molecule has 16 heteroatoms. The monoisotopic (exact) mass is 701 g/mol. The van der Waals surface area contributed by atoms with E-state index in [4.69, 9.17) is 4.74 Å². The molecule has 4 bridgehead atoms. The van der Waals surface area contributed by atoms with Crippen LogP contribution in [-0.4, -0.2) is 112 Å². The maximum Gasteiger partial charge on any atom is 0.325 e. The first-order valence-electron chi connectivity index (χ1n) is 16.9. The minimum atomic E-state index is -1.00. The van der Waals surface area contributed by atoms with Crippen molar-refractivity contribution in [2.45, 2.75) is 51.7 Å². The summed E-state index contributed by atoms with van der Waals surface area (Å²) in [5.74, 6) is -2.09. The number of amides is 7. The fraction of sp³-hybridized carbons (Fsp3) is 0.429. The average Bonchev–Trinajstić information content (AvgIpc) is 3.69. The second-order valence-electron chi connectivity index (χ2n) is 12.7. The third-order valence-electron chi connectivity index (χ3n) is 8.52. The molecule has 51 heavy (non-hydrogen) atoms. The smallest absolute Gasteiger partial charge is 0.325 e. The molecule has 2 aliphatic heterocycles. The summed E-state index contributed by atoms with van der Waals surface area (Å²) in [5.41, 5.74) is 2.11. The zero-order chi connectivity index (χ0) is 36.3. The van der Waals surface area contributed by atoms with Gasteiger partial charge in [-0.15, -0.1) is 5.10 Å². The first-order valence-corrected chi connectivity index (χ1v) is 16.9. The summed E-state index contributed by atoms with van der Waals surface area (Å²) in [6, 6.07) is 13.7. The topological polar surface area (TPSA) is 197 Å². The zero-order valence-corrected chi connectivity index (χ0v) is 28.7. The Labute approximate surface area is 295 Å². The second kappa shape index (κ2) is 17.2. The van der Waals surface area contributed by atoms with Crippen LogP contribution in [0.4, 0.5) is 4.79 Å². The van der Waals surface area contributed by atoms with Gasteiger partial charge in [-0.3, -0.25) is 28.9 Å². The Hall–Kier alpha value is -5.80. The lowest BCUT2D eigenvalue weighted by Crippen LogP contribution is -2.56. The molecule has 4 N–H and O–H groups in total. The molecule has 2 aliphatic rings. The first-order chi connectivity index (χ1) is 24.5. The summed E-state index contributed by atoms with van der Waals surface area (Å²) in [6.45, 7) is 3.85. The maximum atomic E-state index is 13.7. The summed E-state index contributed by atoms with van der Waals surface area (Å²) in [6.07, 6.45) is 2.24. The van der Waals surface area contributed by atoms with Gasteiger partial charge in [0.2, 0.25) is 23.6 Å². The molecule has 1 aromatic heterocycles. The van der Waals surface area contributed by atoms with Crippen molar-refractivity contribution < 1.29 is 33.5 Å². The number of urea groups is 1. The molecule has 3 heterocycles. The number of benzene rings is 2. The first kappa shape index (κ1) is 36.5. The molecular formula is C35H43N9O7. The Morgan fingerprint density at radius 1 is 0.941 bits per heavy atom. The Morgan fingerprint density at radius 2 is 1.75 bits per heavy atom. The largest absolute Gasteiger partial charge is 0.492 e. The standard InChI is InChI=1S/C35H43N9O7/c1-23(2)32-34(49)38-28(18-24-7-4-3-5-8-24)33(48)36-12-14-42(31(47)22-44-30(46)20-37-35(44)50)13-11-26-21-43(41-40-26)15-16-51-27-10-6-9-25(17-27)19-29(45)39-32/h3-10,17,21,23,28,32H,11-16,18-20,22H2,1-2H3,(H,36,48)(H,37,50)(H,38,49)(H,39,45)/t28-,32+/m0/s1. The number of hydrogen-bond donors (Lipinski definition) is 4. The lowest BCUT2D eigenvalue weighted by Gasteiger charge is -2.27. The molecule has 2 atom stereocenters. The van der Waals surface area contributed by atoms with Gasteiger partial charge < -0.3 is 30.9 Å². The number of nitrogens with one attached hydrogen (secondary N) is 4. The molecule has 7 amide bonds. The minimum absolute atomic E-state index is 0.0126. The molecule has 1 saturated heterocycles. The Kier molecular flexibility index (Phi) is 12.3. The van der Waals surface area contributed by atoms with Crippen molar-refractivity contribution in [1.29, 1.82) is 0 Å². The van der Waals surface area contributed by atoms with Crippen LogP contribution in [0.15, 0.2) is 60.8 Å². The molecule has 3 aromatic rings. The van der Waals surface area contributed by atoms with Crippen molar-refractivity contribution in [1.82, 2.24) is 46.1 Å². The van der Waals surface area contributed by atoms with Crippen molar-refractivity contribution in [2.24, 2.45) is 5.92 Å². The molecule has 0 unspecified atom stereocenters. The zero-order valence-electron chi connectivity index (χ0n) is 28.7. The Balaban J connectivity index is 1.38. The van der Waals surface area contributed by atoms with Crippen molar-refractivity contribution in [3.8, 4) is 5.75 Å². The van der Waals surface area contributed by atoms with Gasteiger partial charge in [0.05, 0.1) is 25.2 Å². The van der Waals surface area contributed by atoms with Gasteiger partial charge in [-0.25, -0.2) is 9.48 Å². The van der Waals surface area contributed by atoms with Crippen LogP contribution in [0.1, 0.15) is 30.7 Å². The molecule has 2 aromatic carbocycles. The number of rotatable bonds is 5. The summed E-state index contributed by atoms with van der Waals surface area (Å²) in [4.78, 5) is 80.5. The third kappa shape index (κ3) is 10.4. The van der Waals surface area contributed by atoms with Gasteiger partial charge >= 0.3 is 6.03 Å². The van der Waals surface area contributed by atoms with E-state index >= 15 is 0 Å². The SMILES string of the molecule is CC(C)[C@H]1NC(=O)Cc2cccc(c2)OCCn2cc(nn2)CCN(C(=O)CN2C(=O)CNC2=O)CCNC(=O)[C@H](Cc2ccccc2)NC1=O. The highest BCUT2D eigenvalue weighted by atomic mass is 16.5. The number of fused-ring (bicyclic) bond motifs is 4. The molecule has 0 radical (unpaired) electrons. The molecule has 1 fully saturated rings. The molecule has 0 spiro atoms. The van der Waals surface area contributed by atoms with Crippen LogP contribution in [0.5, 0.6) is 5.75 Å². The molecule has 0 saturated carbocycles. The van der Waals surface area contributed by atoms with Crippen LogP contribution in [0.25, 0.3) is 0 Å².